The highest BCUT2D eigenvalue weighted by Crippen LogP contribution is 2.34. The minimum absolute atomic E-state index is 0.482. The standard InChI is InChI=1S/C25H27N7O2/c1-16-3-4-18(33-2)11-20(16)29-24-17(14-26)15-28-21-13-23-22(12-19(21)24)30-25(31-23)27-5-6-32-7-9-34-10-8-32/h3-4,11-12,15H,5-10,13H2,1-2H3,(H,27,30)(H,28,29). The van der Waals surface area contributed by atoms with Gasteiger partial charge in [-0.1, -0.05) is 6.07 Å². The molecule has 2 aliphatic heterocycles. The van der Waals surface area contributed by atoms with Crippen molar-refractivity contribution in [1.29, 1.82) is 5.26 Å². The first-order valence-corrected chi connectivity index (χ1v) is 11.4. The number of nitrogens with one attached hydrogen (secondary N) is 2. The van der Waals surface area contributed by atoms with Crippen LogP contribution in [-0.4, -0.2) is 68.1 Å². The second-order valence-corrected chi connectivity index (χ2v) is 8.40. The van der Waals surface area contributed by atoms with Gasteiger partial charge in [-0.2, -0.15) is 5.26 Å². The topological polar surface area (TPSA) is 107 Å². The maximum absolute atomic E-state index is 9.76. The molecule has 0 atom stereocenters. The molecule has 2 N–H and O–H groups in total. The highest BCUT2D eigenvalue weighted by molar-refractivity contribution is 6.18. The largest absolute Gasteiger partial charge is 0.497 e. The highest BCUT2D eigenvalue weighted by Gasteiger charge is 2.27. The summed E-state index contributed by atoms with van der Waals surface area (Å²) in [5, 5.41) is 16.5. The number of ether oxygens (including phenoxy) is 2. The van der Waals surface area contributed by atoms with Crippen LogP contribution in [-0.2, 0) is 11.2 Å². The van der Waals surface area contributed by atoms with Gasteiger partial charge in [0.05, 0.1) is 55.2 Å². The van der Waals surface area contributed by atoms with Gasteiger partial charge in [0.2, 0.25) is 5.96 Å². The van der Waals surface area contributed by atoms with Crippen LogP contribution in [0.15, 0.2) is 40.1 Å². The first-order valence-electron chi connectivity index (χ1n) is 11.4. The monoisotopic (exact) mass is 457 g/mol. The summed E-state index contributed by atoms with van der Waals surface area (Å²) in [6.45, 7) is 7.04. The molecule has 0 unspecified atom stereocenters. The zero-order valence-corrected chi connectivity index (χ0v) is 19.4. The molecule has 0 radical (unpaired) electrons. The van der Waals surface area contributed by atoms with Crippen LogP contribution in [0.25, 0.3) is 6.08 Å². The molecule has 3 heterocycles. The van der Waals surface area contributed by atoms with E-state index >= 15 is 0 Å². The number of aromatic nitrogens is 1. The summed E-state index contributed by atoms with van der Waals surface area (Å²) in [5.41, 5.74) is 6.73. The Labute approximate surface area is 198 Å². The van der Waals surface area contributed by atoms with Crippen molar-refractivity contribution in [2.45, 2.75) is 13.3 Å². The zero-order valence-electron chi connectivity index (χ0n) is 19.4. The second kappa shape index (κ2) is 9.63. The number of rotatable bonds is 6. The maximum atomic E-state index is 9.76. The molecule has 1 saturated heterocycles. The molecule has 0 amide bonds. The molecule has 1 aromatic carbocycles. The van der Waals surface area contributed by atoms with Gasteiger partial charge in [-0.05, 0) is 24.6 Å². The summed E-state index contributed by atoms with van der Waals surface area (Å²) in [7, 11) is 1.64. The van der Waals surface area contributed by atoms with Gasteiger partial charge >= 0.3 is 0 Å². The predicted octanol–water partition coefficient (Wildman–Crippen LogP) is 2.64. The normalized spacial score (nSPS) is 18.3. The third-order valence-corrected chi connectivity index (χ3v) is 6.23. The number of morpholine rings is 1. The SMILES string of the molecule is COc1ccc(C)c(Nc2c(C#N)cnc3c2C=C2NC(=NCCN4CCOCC4)N=C2C3)c1. The molecular formula is C25H27N7O2. The minimum Gasteiger partial charge on any atom is -0.497 e. The summed E-state index contributed by atoms with van der Waals surface area (Å²) in [6.07, 6.45) is 4.21. The van der Waals surface area contributed by atoms with Gasteiger partial charge in [-0.15, -0.1) is 0 Å². The number of anilines is 2. The number of benzene rings is 1. The summed E-state index contributed by atoms with van der Waals surface area (Å²) >= 11 is 0. The third kappa shape index (κ3) is 4.51. The Bertz CT molecular complexity index is 1240. The molecule has 5 rings (SSSR count). The number of nitriles is 1. The van der Waals surface area contributed by atoms with Crippen molar-refractivity contribution in [2.75, 3.05) is 51.8 Å². The van der Waals surface area contributed by atoms with Crippen molar-refractivity contribution < 1.29 is 9.47 Å². The van der Waals surface area contributed by atoms with Crippen molar-refractivity contribution in [3.8, 4) is 11.8 Å². The molecule has 1 aromatic heterocycles. The van der Waals surface area contributed by atoms with Gasteiger partial charge in [0.25, 0.3) is 0 Å². The third-order valence-electron chi connectivity index (χ3n) is 6.23. The van der Waals surface area contributed by atoms with Crippen LogP contribution < -0.4 is 15.4 Å². The summed E-state index contributed by atoms with van der Waals surface area (Å²) in [6, 6.07) is 8.10. The molecule has 2 aromatic rings. The molecule has 0 saturated carbocycles. The molecule has 1 fully saturated rings. The van der Waals surface area contributed by atoms with Gasteiger partial charge in [-0.3, -0.25) is 9.88 Å². The van der Waals surface area contributed by atoms with E-state index in [2.05, 4.69) is 36.6 Å². The quantitative estimate of drug-likeness (QED) is 0.687. The fraction of sp³-hybridized carbons (Fsp3) is 0.360. The molecule has 0 spiro atoms. The number of allylic oxidation sites excluding steroid dienone is 1. The lowest BCUT2D eigenvalue weighted by Crippen LogP contribution is -2.37. The Morgan fingerprint density at radius 2 is 2.18 bits per heavy atom. The first-order chi connectivity index (χ1) is 16.6. The van der Waals surface area contributed by atoms with Gasteiger partial charge in [-0.25, -0.2) is 9.98 Å². The Morgan fingerprint density at radius 3 is 2.97 bits per heavy atom. The Morgan fingerprint density at radius 1 is 1.32 bits per heavy atom. The number of nitrogens with zero attached hydrogens (tertiary/aromatic N) is 5. The lowest BCUT2D eigenvalue weighted by atomic mass is 9.95. The molecular weight excluding hydrogens is 430 g/mol. The Balaban J connectivity index is 1.39. The lowest BCUT2D eigenvalue weighted by Gasteiger charge is -2.25. The van der Waals surface area contributed by atoms with Crippen LogP contribution in [0.4, 0.5) is 11.4 Å². The molecule has 0 bridgehead atoms. The van der Waals surface area contributed by atoms with Crippen molar-refractivity contribution >= 4 is 29.1 Å². The molecule has 1 aliphatic carbocycles. The van der Waals surface area contributed by atoms with Crippen molar-refractivity contribution in [2.24, 2.45) is 9.98 Å². The van der Waals surface area contributed by atoms with Crippen LogP contribution >= 0.6 is 0 Å². The molecule has 9 heteroatoms. The van der Waals surface area contributed by atoms with E-state index in [9.17, 15) is 5.26 Å². The average molecular weight is 458 g/mol. The van der Waals surface area contributed by atoms with E-state index in [0.717, 1.165) is 78.2 Å². The number of guanidine groups is 1. The Hall–Kier alpha value is -3.74. The van der Waals surface area contributed by atoms with E-state index in [1.54, 1.807) is 13.3 Å². The van der Waals surface area contributed by atoms with Crippen molar-refractivity contribution in [1.82, 2.24) is 15.2 Å². The van der Waals surface area contributed by atoms with Crippen LogP contribution in [0.1, 0.15) is 22.4 Å². The fourth-order valence-electron chi connectivity index (χ4n) is 4.24. The van der Waals surface area contributed by atoms with E-state index in [1.165, 1.54) is 0 Å². The Kier molecular flexibility index (Phi) is 6.25. The molecule has 9 nitrogen and oxygen atoms in total. The van der Waals surface area contributed by atoms with E-state index in [0.29, 0.717) is 24.5 Å². The zero-order chi connectivity index (χ0) is 23.5. The summed E-state index contributed by atoms with van der Waals surface area (Å²) in [5.74, 6) is 1.37. The minimum atomic E-state index is 0.482. The van der Waals surface area contributed by atoms with Crippen molar-refractivity contribution in [3.63, 3.8) is 0 Å². The van der Waals surface area contributed by atoms with Crippen LogP contribution in [0, 0.1) is 18.3 Å². The number of fused-ring (bicyclic) bond motifs is 2. The van der Waals surface area contributed by atoms with E-state index < -0.39 is 0 Å². The van der Waals surface area contributed by atoms with E-state index in [1.807, 2.05) is 31.2 Å². The smallest absolute Gasteiger partial charge is 0.222 e. The highest BCUT2D eigenvalue weighted by atomic mass is 16.5. The maximum Gasteiger partial charge on any atom is 0.222 e. The van der Waals surface area contributed by atoms with Crippen LogP contribution in [0.3, 0.4) is 0 Å². The molecule has 3 aliphatic rings. The molecule has 174 valence electrons. The van der Waals surface area contributed by atoms with E-state index in [-0.39, 0.29) is 0 Å². The van der Waals surface area contributed by atoms with Crippen molar-refractivity contribution in [3.05, 3.63) is 52.5 Å². The van der Waals surface area contributed by atoms with E-state index in [4.69, 9.17) is 9.47 Å². The number of aryl methyl sites for hydroxylation is 1. The number of methoxy groups -OCH3 is 1. The van der Waals surface area contributed by atoms with Gasteiger partial charge < -0.3 is 20.1 Å². The van der Waals surface area contributed by atoms with Crippen LogP contribution in [0.2, 0.25) is 0 Å². The summed E-state index contributed by atoms with van der Waals surface area (Å²) < 4.78 is 10.8. The predicted molar refractivity (Wildman–Crippen MR) is 132 cm³/mol. The number of hydrogen-bond acceptors (Lipinski definition) is 7. The number of aliphatic imine (C=N–C) groups is 2. The lowest BCUT2D eigenvalue weighted by molar-refractivity contribution is 0.0394. The first kappa shape index (κ1) is 22.1. The van der Waals surface area contributed by atoms with Gasteiger partial charge in [0.15, 0.2) is 0 Å². The summed E-state index contributed by atoms with van der Waals surface area (Å²) in [4.78, 5) is 16.2. The fourth-order valence-corrected chi connectivity index (χ4v) is 4.24. The van der Waals surface area contributed by atoms with Gasteiger partial charge in [0, 0.05) is 49.6 Å². The van der Waals surface area contributed by atoms with Gasteiger partial charge in [0.1, 0.15) is 11.8 Å². The number of pyridine rings is 1. The van der Waals surface area contributed by atoms with Crippen LogP contribution in [0.5, 0.6) is 5.75 Å². The average Bonchev–Trinajstić information content (AvgIpc) is 3.26. The second-order valence-electron chi connectivity index (χ2n) is 8.40. The number of hydrogen-bond donors (Lipinski definition) is 2. The molecule has 34 heavy (non-hydrogen) atoms.